The molecule has 0 aliphatic carbocycles. The fourth-order valence-electron chi connectivity index (χ4n) is 2.85. The number of nitrogens with zero attached hydrogens (tertiary/aromatic N) is 3. The van der Waals surface area contributed by atoms with E-state index in [1.807, 2.05) is 0 Å². The SMILES string of the molecule is CCOC(=O)[C@@H]1N=NN2[C@H](CO[Si](C)(C)C(C)(C)C)[C@@H](O)CC[C@H]12. The van der Waals surface area contributed by atoms with Crippen molar-refractivity contribution in [3.8, 4) is 0 Å². The molecule has 4 atom stereocenters. The van der Waals surface area contributed by atoms with Crippen molar-refractivity contribution >= 4 is 14.3 Å². The Hall–Kier alpha value is -0.993. The Kier molecular flexibility index (Phi) is 5.71. The zero-order valence-electron chi connectivity index (χ0n) is 15.7. The number of piperidine rings is 1. The highest BCUT2D eigenvalue weighted by Crippen LogP contribution is 2.38. The van der Waals surface area contributed by atoms with Gasteiger partial charge in [-0.05, 0) is 37.9 Å². The molecule has 1 saturated heterocycles. The number of hydrogen-bond acceptors (Lipinski definition) is 7. The maximum atomic E-state index is 12.0. The van der Waals surface area contributed by atoms with E-state index < -0.39 is 20.5 Å². The molecular weight excluding hydrogens is 326 g/mol. The summed E-state index contributed by atoms with van der Waals surface area (Å²) in [6.45, 7) is 13.4. The van der Waals surface area contributed by atoms with Gasteiger partial charge in [0, 0.05) is 0 Å². The lowest BCUT2D eigenvalue weighted by atomic mass is 9.91. The molecule has 2 aliphatic heterocycles. The molecule has 2 aliphatic rings. The Balaban J connectivity index is 2.06. The Bertz CT molecular complexity index is 492. The van der Waals surface area contributed by atoms with Crippen LogP contribution >= 0.6 is 0 Å². The molecule has 0 aromatic rings. The minimum atomic E-state index is -1.92. The Morgan fingerprint density at radius 2 is 2.00 bits per heavy atom. The van der Waals surface area contributed by atoms with Crippen LogP contribution < -0.4 is 0 Å². The normalized spacial score (nSPS) is 30.4. The van der Waals surface area contributed by atoms with Crippen LogP contribution in [0.4, 0.5) is 0 Å². The topological polar surface area (TPSA) is 83.7 Å². The molecule has 24 heavy (non-hydrogen) atoms. The average molecular weight is 358 g/mol. The molecular formula is C16H31N3O4Si. The lowest BCUT2D eigenvalue weighted by Gasteiger charge is -2.42. The molecule has 138 valence electrons. The highest BCUT2D eigenvalue weighted by atomic mass is 28.4. The van der Waals surface area contributed by atoms with Gasteiger partial charge in [0.05, 0.1) is 31.4 Å². The van der Waals surface area contributed by atoms with Gasteiger partial charge in [-0.3, -0.25) is 5.01 Å². The Morgan fingerprint density at radius 1 is 1.33 bits per heavy atom. The first-order valence-corrected chi connectivity index (χ1v) is 11.7. The van der Waals surface area contributed by atoms with Gasteiger partial charge in [-0.1, -0.05) is 26.0 Å². The number of carbonyl (C=O) groups is 1. The maximum Gasteiger partial charge on any atom is 0.335 e. The van der Waals surface area contributed by atoms with Gasteiger partial charge in [-0.15, -0.1) is 0 Å². The van der Waals surface area contributed by atoms with Crippen molar-refractivity contribution in [1.82, 2.24) is 5.01 Å². The highest BCUT2D eigenvalue weighted by molar-refractivity contribution is 6.74. The van der Waals surface area contributed by atoms with Gasteiger partial charge in [0.25, 0.3) is 0 Å². The van der Waals surface area contributed by atoms with Crippen LogP contribution in [0.25, 0.3) is 0 Å². The molecule has 2 heterocycles. The van der Waals surface area contributed by atoms with E-state index in [0.717, 1.165) is 0 Å². The number of aliphatic hydroxyl groups is 1. The number of aliphatic hydroxyl groups excluding tert-OH is 1. The molecule has 1 fully saturated rings. The number of carbonyl (C=O) groups excluding carboxylic acids is 1. The van der Waals surface area contributed by atoms with Gasteiger partial charge >= 0.3 is 5.97 Å². The third-order valence-corrected chi connectivity index (χ3v) is 9.98. The molecule has 0 aromatic carbocycles. The van der Waals surface area contributed by atoms with Crippen LogP contribution in [-0.2, 0) is 14.0 Å². The van der Waals surface area contributed by atoms with Crippen molar-refractivity contribution in [1.29, 1.82) is 0 Å². The molecule has 0 spiro atoms. The first-order valence-electron chi connectivity index (χ1n) is 8.76. The summed E-state index contributed by atoms with van der Waals surface area (Å²) in [4.78, 5) is 12.0. The molecule has 0 bridgehead atoms. The second-order valence-corrected chi connectivity index (χ2v) is 12.9. The maximum absolute atomic E-state index is 12.0. The zero-order chi connectivity index (χ0) is 18.1. The molecule has 0 amide bonds. The van der Waals surface area contributed by atoms with Crippen molar-refractivity contribution < 1.29 is 19.1 Å². The summed E-state index contributed by atoms with van der Waals surface area (Å²) in [6, 6.07) is -0.991. The van der Waals surface area contributed by atoms with E-state index >= 15 is 0 Å². The van der Waals surface area contributed by atoms with Gasteiger partial charge in [-0.2, -0.15) is 5.11 Å². The smallest absolute Gasteiger partial charge is 0.335 e. The molecule has 2 rings (SSSR count). The first kappa shape index (κ1) is 19.3. The monoisotopic (exact) mass is 357 g/mol. The van der Waals surface area contributed by atoms with Crippen LogP contribution in [-0.4, -0.2) is 61.8 Å². The predicted octanol–water partition coefficient (Wildman–Crippen LogP) is 2.51. The van der Waals surface area contributed by atoms with Crippen LogP contribution in [0.3, 0.4) is 0 Å². The number of esters is 1. The Morgan fingerprint density at radius 3 is 2.58 bits per heavy atom. The highest BCUT2D eigenvalue weighted by Gasteiger charge is 2.48. The van der Waals surface area contributed by atoms with E-state index in [0.29, 0.717) is 26.1 Å². The third kappa shape index (κ3) is 3.81. The van der Waals surface area contributed by atoms with Crippen molar-refractivity contribution in [2.24, 2.45) is 10.3 Å². The second-order valence-electron chi connectivity index (χ2n) is 8.13. The van der Waals surface area contributed by atoms with E-state index in [9.17, 15) is 9.90 Å². The van der Waals surface area contributed by atoms with Gasteiger partial charge < -0.3 is 14.3 Å². The van der Waals surface area contributed by atoms with Gasteiger partial charge in [0.2, 0.25) is 0 Å². The Labute approximate surface area is 145 Å². The fraction of sp³-hybridized carbons (Fsp3) is 0.938. The molecule has 0 unspecified atom stereocenters. The summed E-state index contributed by atoms with van der Waals surface area (Å²) >= 11 is 0. The van der Waals surface area contributed by atoms with Crippen LogP contribution in [0.5, 0.6) is 0 Å². The van der Waals surface area contributed by atoms with E-state index in [2.05, 4.69) is 44.2 Å². The van der Waals surface area contributed by atoms with Crippen molar-refractivity contribution in [2.75, 3.05) is 13.2 Å². The summed E-state index contributed by atoms with van der Waals surface area (Å²) in [7, 11) is -1.92. The van der Waals surface area contributed by atoms with E-state index in [1.54, 1.807) is 11.9 Å². The number of fused-ring (bicyclic) bond motifs is 1. The van der Waals surface area contributed by atoms with Gasteiger partial charge in [-0.25, -0.2) is 4.79 Å². The summed E-state index contributed by atoms with van der Waals surface area (Å²) in [5.74, 6) is -0.339. The van der Waals surface area contributed by atoms with Crippen LogP contribution in [0.1, 0.15) is 40.5 Å². The molecule has 8 heteroatoms. The van der Waals surface area contributed by atoms with Gasteiger partial charge in [0.1, 0.15) is 0 Å². The summed E-state index contributed by atoms with van der Waals surface area (Å²) in [5.41, 5.74) is 0. The van der Waals surface area contributed by atoms with E-state index in [-0.39, 0.29) is 23.1 Å². The minimum Gasteiger partial charge on any atom is -0.464 e. The molecule has 1 N–H and O–H groups in total. The number of rotatable bonds is 5. The summed E-state index contributed by atoms with van der Waals surface area (Å²) < 4.78 is 11.4. The van der Waals surface area contributed by atoms with Crippen LogP contribution in [0.15, 0.2) is 10.3 Å². The zero-order valence-corrected chi connectivity index (χ0v) is 16.7. The average Bonchev–Trinajstić information content (AvgIpc) is 2.89. The molecule has 7 nitrogen and oxygen atoms in total. The number of hydrogen-bond donors (Lipinski definition) is 1. The molecule has 0 saturated carbocycles. The predicted molar refractivity (Wildman–Crippen MR) is 93.1 cm³/mol. The van der Waals surface area contributed by atoms with Crippen LogP contribution in [0, 0.1) is 0 Å². The summed E-state index contributed by atoms with van der Waals surface area (Å²) in [6.07, 6.45) is 0.771. The lowest BCUT2D eigenvalue weighted by molar-refractivity contribution is -0.146. The quantitative estimate of drug-likeness (QED) is 0.604. The lowest BCUT2D eigenvalue weighted by Crippen LogP contribution is -2.56. The third-order valence-electron chi connectivity index (χ3n) is 5.47. The standard InChI is InChI=1S/C16H31N3O4Si/c1-7-22-15(21)14-11-8-9-13(20)12(19(11)18-17-14)10-23-24(5,6)16(2,3)4/h11-14,20H,7-10H2,1-6H3/t11-,12-,13+,14-/m1/s1. The number of ether oxygens (including phenoxy) is 1. The van der Waals surface area contributed by atoms with E-state index in [1.165, 1.54) is 0 Å². The second kappa shape index (κ2) is 7.09. The van der Waals surface area contributed by atoms with Crippen molar-refractivity contribution in [2.45, 2.75) is 82.9 Å². The molecule has 0 radical (unpaired) electrons. The van der Waals surface area contributed by atoms with Crippen molar-refractivity contribution in [3.05, 3.63) is 0 Å². The first-order chi connectivity index (χ1) is 11.1. The van der Waals surface area contributed by atoms with Crippen LogP contribution in [0.2, 0.25) is 18.1 Å². The minimum absolute atomic E-state index is 0.103. The molecule has 0 aromatic heterocycles. The summed E-state index contributed by atoms with van der Waals surface area (Å²) in [5, 5.41) is 20.6. The fourth-order valence-corrected chi connectivity index (χ4v) is 3.87. The largest absolute Gasteiger partial charge is 0.464 e. The van der Waals surface area contributed by atoms with Gasteiger partial charge in [0.15, 0.2) is 14.4 Å². The van der Waals surface area contributed by atoms with Crippen molar-refractivity contribution in [3.63, 3.8) is 0 Å². The van der Waals surface area contributed by atoms with E-state index in [4.69, 9.17) is 9.16 Å².